The van der Waals surface area contributed by atoms with Crippen molar-refractivity contribution in [3.63, 3.8) is 0 Å². The molecule has 3 nitrogen and oxygen atoms in total. The highest BCUT2D eigenvalue weighted by molar-refractivity contribution is 5.23. The Morgan fingerprint density at radius 3 is 2.62 bits per heavy atom. The fourth-order valence-corrected chi connectivity index (χ4v) is 2.40. The normalized spacial score (nSPS) is 12.9. The van der Waals surface area contributed by atoms with Gasteiger partial charge in [0.15, 0.2) is 0 Å². The largest absolute Gasteiger partial charge is 0.306 e. The van der Waals surface area contributed by atoms with Crippen LogP contribution in [0.1, 0.15) is 49.6 Å². The molecule has 0 radical (unpaired) electrons. The van der Waals surface area contributed by atoms with Crippen LogP contribution in [-0.2, 0) is 13.6 Å². The van der Waals surface area contributed by atoms with E-state index in [4.69, 9.17) is 0 Å². The zero-order valence-electron chi connectivity index (χ0n) is 12.8. The van der Waals surface area contributed by atoms with Crippen molar-refractivity contribution >= 4 is 0 Å². The molecule has 1 unspecified atom stereocenters. The number of hydrogen-bond acceptors (Lipinski definition) is 2. The van der Waals surface area contributed by atoms with Crippen LogP contribution in [0.4, 0.5) is 8.78 Å². The second-order valence-electron chi connectivity index (χ2n) is 5.64. The molecule has 0 spiro atoms. The van der Waals surface area contributed by atoms with E-state index >= 15 is 0 Å². The predicted molar refractivity (Wildman–Crippen MR) is 78.9 cm³/mol. The van der Waals surface area contributed by atoms with E-state index in [0.29, 0.717) is 18.0 Å². The number of benzene rings is 1. The Morgan fingerprint density at radius 1 is 1.24 bits per heavy atom. The number of hydrogen-bond donors (Lipinski definition) is 1. The van der Waals surface area contributed by atoms with Gasteiger partial charge in [-0.15, -0.1) is 0 Å². The molecule has 0 bridgehead atoms. The number of nitrogens with one attached hydrogen (secondary N) is 1. The van der Waals surface area contributed by atoms with Crippen LogP contribution in [0.5, 0.6) is 0 Å². The maximum atomic E-state index is 13.7. The van der Waals surface area contributed by atoms with Gasteiger partial charge < -0.3 is 5.32 Å². The highest BCUT2D eigenvalue weighted by atomic mass is 19.1. The quantitative estimate of drug-likeness (QED) is 0.911. The molecule has 21 heavy (non-hydrogen) atoms. The van der Waals surface area contributed by atoms with Crippen LogP contribution in [0.25, 0.3) is 0 Å². The molecular formula is C16H21F2N3. The molecular weight excluding hydrogens is 272 g/mol. The minimum atomic E-state index is -0.427. The molecule has 0 aliphatic carbocycles. The minimum absolute atomic E-state index is 0.277. The van der Waals surface area contributed by atoms with E-state index in [1.54, 1.807) is 4.68 Å². The van der Waals surface area contributed by atoms with E-state index < -0.39 is 11.6 Å². The van der Waals surface area contributed by atoms with Crippen molar-refractivity contribution in [1.29, 1.82) is 0 Å². The molecule has 114 valence electrons. The van der Waals surface area contributed by atoms with Gasteiger partial charge in [-0.05, 0) is 31.0 Å². The number of aryl methyl sites for hydroxylation is 1. The maximum Gasteiger partial charge on any atom is 0.128 e. The van der Waals surface area contributed by atoms with Crippen molar-refractivity contribution in [2.75, 3.05) is 0 Å². The Bertz CT molecular complexity index is 620. The fraction of sp³-hybridized carbons (Fsp3) is 0.438. The second-order valence-corrected chi connectivity index (χ2v) is 5.64. The van der Waals surface area contributed by atoms with E-state index in [9.17, 15) is 8.78 Å². The maximum absolute atomic E-state index is 13.7. The lowest BCUT2D eigenvalue weighted by Crippen LogP contribution is -2.20. The van der Waals surface area contributed by atoms with Crippen molar-refractivity contribution < 1.29 is 8.78 Å². The van der Waals surface area contributed by atoms with Crippen molar-refractivity contribution in [3.8, 4) is 0 Å². The SMILES string of the molecule is CC(C)c1nn(C)cc1CNC(C)c1cc(F)ccc1F. The summed E-state index contributed by atoms with van der Waals surface area (Å²) in [5.74, 6) is -0.500. The Morgan fingerprint density at radius 2 is 1.95 bits per heavy atom. The monoisotopic (exact) mass is 293 g/mol. The number of aromatic nitrogens is 2. The molecule has 2 rings (SSSR count). The Labute approximate surface area is 124 Å². The van der Waals surface area contributed by atoms with E-state index in [2.05, 4.69) is 24.3 Å². The minimum Gasteiger partial charge on any atom is -0.306 e. The second kappa shape index (κ2) is 6.35. The smallest absolute Gasteiger partial charge is 0.128 e. The van der Waals surface area contributed by atoms with Crippen LogP contribution in [-0.4, -0.2) is 9.78 Å². The summed E-state index contributed by atoms with van der Waals surface area (Å²) in [5, 5.41) is 7.67. The highest BCUT2D eigenvalue weighted by Crippen LogP contribution is 2.21. The standard InChI is InChI=1S/C16H21F2N3/c1-10(2)16-12(9-21(4)20-16)8-19-11(3)14-7-13(17)5-6-15(14)18/h5-7,9-11,19H,8H2,1-4H3. The van der Waals surface area contributed by atoms with Crippen LogP contribution in [0.15, 0.2) is 24.4 Å². The van der Waals surface area contributed by atoms with Crippen LogP contribution in [0, 0.1) is 11.6 Å². The summed E-state index contributed by atoms with van der Waals surface area (Å²) < 4.78 is 28.7. The first kappa shape index (κ1) is 15.6. The molecule has 1 N–H and O–H groups in total. The molecule has 2 aromatic rings. The van der Waals surface area contributed by atoms with Gasteiger partial charge in [0.2, 0.25) is 0 Å². The molecule has 0 saturated heterocycles. The van der Waals surface area contributed by atoms with Crippen LogP contribution >= 0.6 is 0 Å². The lowest BCUT2D eigenvalue weighted by Gasteiger charge is -2.15. The summed E-state index contributed by atoms with van der Waals surface area (Å²) in [6.45, 7) is 6.56. The van der Waals surface area contributed by atoms with Gasteiger partial charge in [-0.2, -0.15) is 5.10 Å². The third-order valence-electron chi connectivity index (χ3n) is 3.51. The molecule has 0 aliphatic rings. The van der Waals surface area contributed by atoms with Gasteiger partial charge in [0.05, 0.1) is 5.69 Å². The van der Waals surface area contributed by atoms with E-state index in [0.717, 1.165) is 23.4 Å². The topological polar surface area (TPSA) is 29.9 Å². The van der Waals surface area contributed by atoms with Gasteiger partial charge in [0, 0.05) is 37.0 Å². The third kappa shape index (κ3) is 3.67. The first-order chi connectivity index (χ1) is 9.88. The molecule has 0 fully saturated rings. The Kier molecular flexibility index (Phi) is 4.73. The molecule has 1 aromatic carbocycles. The van der Waals surface area contributed by atoms with Crippen molar-refractivity contribution in [3.05, 3.63) is 52.9 Å². The lowest BCUT2D eigenvalue weighted by atomic mass is 10.0. The molecule has 1 aromatic heterocycles. The average molecular weight is 293 g/mol. The molecule has 0 saturated carbocycles. The Hall–Kier alpha value is -1.75. The number of nitrogens with zero attached hydrogens (tertiary/aromatic N) is 2. The average Bonchev–Trinajstić information content (AvgIpc) is 2.80. The van der Waals surface area contributed by atoms with Crippen LogP contribution in [0.3, 0.4) is 0 Å². The zero-order chi connectivity index (χ0) is 15.6. The molecule has 0 aliphatic heterocycles. The summed E-state index contributed by atoms with van der Waals surface area (Å²) in [6.07, 6.45) is 1.96. The first-order valence-electron chi connectivity index (χ1n) is 7.09. The molecule has 1 heterocycles. The first-order valence-corrected chi connectivity index (χ1v) is 7.09. The summed E-state index contributed by atoms with van der Waals surface area (Å²) in [5.41, 5.74) is 2.44. The summed E-state index contributed by atoms with van der Waals surface area (Å²) in [6, 6.07) is 3.25. The summed E-state index contributed by atoms with van der Waals surface area (Å²) >= 11 is 0. The zero-order valence-corrected chi connectivity index (χ0v) is 12.8. The summed E-state index contributed by atoms with van der Waals surface area (Å²) in [7, 11) is 1.88. The van der Waals surface area contributed by atoms with Gasteiger partial charge in [0.1, 0.15) is 11.6 Å². The van der Waals surface area contributed by atoms with Gasteiger partial charge in [-0.25, -0.2) is 8.78 Å². The van der Waals surface area contributed by atoms with Crippen molar-refractivity contribution in [2.24, 2.45) is 7.05 Å². The number of rotatable bonds is 5. The molecule has 1 atom stereocenters. The molecule has 5 heteroatoms. The lowest BCUT2D eigenvalue weighted by molar-refractivity contribution is 0.517. The van der Waals surface area contributed by atoms with Crippen LogP contribution in [0.2, 0.25) is 0 Å². The fourth-order valence-electron chi connectivity index (χ4n) is 2.40. The van der Waals surface area contributed by atoms with Gasteiger partial charge in [-0.3, -0.25) is 4.68 Å². The summed E-state index contributed by atoms with van der Waals surface area (Å²) in [4.78, 5) is 0. The highest BCUT2D eigenvalue weighted by Gasteiger charge is 2.15. The van der Waals surface area contributed by atoms with Crippen LogP contribution < -0.4 is 5.32 Å². The van der Waals surface area contributed by atoms with E-state index in [-0.39, 0.29) is 6.04 Å². The van der Waals surface area contributed by atoms with Gasteiger partial charge in [-0.1, -0.05) is 13.8 Å². The van der Waals surface area contributed by atoms with Gasteiger partial charge in [0.25, 0.3) is 0 Å². The number of halogens is 2. The molecule has 0 amide bonds. The van der Waals surface area contributed by atoms with E-state index in [1.807, 2.05) is 20.2 Å². The Balaban J connectivity index is 2.11. The van der Waals surface area contributed by atoms with E-state index in [1.165, 1.54) is 6.07 Å². The van der Waals surface area contributed by atoms with Crippen molar-refractivity contribution in [1.82, 2.24) is 15.1 Å². The predicted octanol–water partition coefficient (Wildman–Crippen LogP) is 3.67. The van der Waals surface area contributed by atoms with Gasteiger partial charge >= 0.3 is 0 Å². The third-order valence-corrected chi connectivity index (χ3v) is 3.51. The van der Waals surface area contributed by atoms with Crippen molar-refractivity contribution in [2.45, 2.75) is 39.3 Å².